The Morgan fingerprint density at radius 2 is 1.44 bits per heavy atom. The van der Waals surface area contributed by atoms with Gasteiger partial charge in [-0.1, -0.05) is 30.3 Å². The minimum atomic E-state index is -1.10. The molecule has 2 aromatic rings. The minimum Gasteiger partial charge on any atom is -0.606 e. The molecule has 0 fully saturated rings. The molecule has 0 aliphatic heterocycles. The van der Waals surface area contributed by atoms with Crippen LogP contribution < -0.4 is 0 Å². The van der Waals surface area contributed by atoms with E-state index >= 15 is 0 Å². The molecule has 1 atom stereocenters. The summed E-state index contributed by atoms with van der Waals surface area (Å²) in [6.45, 7) is 0. The van der Waals surface area contributed by atoms with Crippen molar-refractivity contribution < 1.29 is 4.55 Å². The van der Waals surface area contributed by atoms with Crippen LogP contribution in [-0.4, -0.2) is 4.55 Å². The van der Waals surface area contributed by atoms with E-state index in [0.717, 1.165) is 15.4 Å². The van der Waals surface area contributed by atoms with E-state index < -0.39 is 11.2 Å². The molecule has 3 heteroatoms. The van der Waals surface area contributed by atoms with Crippen molar-refractivity contribution >= 4 is 22.8 Å². The lowest BCUT2D eigenvalue weighted by atomic mass is 10.2. The Kier molecular flexibility index (Phi) is 3.88. The predicted molar refractivity (Wildman–Crippen MR) is 67.1 cm³/mol. The lowest BCUT2D eigenvalue weighted by molar-refractivity contribution is 0.595. The van der Waals surface area contributed by atoms with Crippen molar-refractivity contribution in [1.82, 2.24) is 0 Å². The maximum Gasteiger partial charge on any atom is 0.158 e. The van der Waals surface area contributed by atoms with Crippen LogP contribution in [0.15, 0.2) is 64.4 Å². The molecule has 0 heterocycles. The Hall–Kier alpha value is -0.960. The first-order chi connectivity index (χ1) is 7.81. The van der Waals surface area contributed by atoms with Gasteiger partial charge in [-0.3, -0.25) is 0 Å². The predicted octanol–water partition coefficient (Wildman–Crippen LogP) is 3.59. The molecule has 2 rings (SSSR count). The topological polar surface area (TPSA) is 23.1 Å². The Bertz CT molecular complexity index is 441. The summed E-state index contributed by atoms with van der Waals surface area (Å²) in [5.74, 6) is 0.484. The van der Waals surface area contributed by atoms with Crippen LogP contribution in [-0.2, 0) is 17.1 Å². The number of alkyl halides is 1. The van der Waals surface area contributed by atoms with Crippen LogP contribution in [0.1, 0.15) is 5.56 Å². The molecule has 0 radical (unpaired) electrons. The van der Waals surface area contributed by atoms with Gasteiger partial charge in [-0.2, -0.15) is 0 Å². The largest absolute Gasteiger partial charge is 0.606 e. The Balaban J connectivity index is 2.24. The SMILES string of the molecule is [O-][S+](c1ccccc1)c1ccc(CCl)cc1. The van der Waals surface area contributed by atoms with Crippen molar-refractivity contribution in [2.45, 2.75) is 15.7 Å². The third kappa shape index (κ3) is 2.59. The fraction of sp³-hybridized carbons (Fsp3) is 0.0769. The van der Waals surface area contributed by atoms with Gasteiger partial charge in [0.1, 0.15) is 0 Å². The number of hydrogen-bond acceptors (Lipinski definition) is 1. The van der Waals surface area contributed by atoms with Gasteiger partial charge in [0.25, 0.3) is 0 Å². The molecule has 0 amide bonds. The summed E-state index contributed by atoms with van der Waals surface area (Å²) in [5.41, 5.74) is 1.04. The zero-order valence-electron chi connectivity index (χ0n) is 8.60. The molecule has 0 bridgehead atoms. The van der Waals surface area contributed by atoms with E-state index in [1.165, 1.54) is 0 Å². The van der Waals surface area contributed by atoms with Gasteiger partial charge in [0.05, 0.1) is 0 Å². The molecule has 0 aliphatic carbocycles. The van der Waals surface area contributed by atoms with E-state index in [2.05, 4.69) is 0 Å². The summed E-state index contributed by atoms with van der Waals surface area (Å²) < 4.78 is 12.1. The average molecular weight is 251 g/mol. The fourth-order valence-electron chi connectivity index (χ4n) is 1.38. The molecule has 1 unspecified atom stereocenters. The molecular weight excluding hydrogens is 240 g/mol. The standard InChI is InChI=1S/C13H11ClOS/c14-10-11-6-8-13(9-7-11)16(15)12-4-2-1-3-5-12/h1-9H,10H2. The Morgan fingerprint density at radius 1 is 0.875 bits per heavy atom. The first-order valence-electron chi connectivity index (χ1n) is 4.93. The number of hydrogen-bond donors (Lipinski definition) is 0. The van der Waals surface area contributed by atoms with E-state index in [9.17, 15) is 4.55 Å². The van der Waals surface area contributed by atoms with Gasteiger partial charge in [-0.15, -0.1) is 11.6 Å². The summed E-state index contributed by atoms with van der Waals surface area (Å²) in [4.78, 5) is 1.63. The third-order valence-corrected chi connectivity index (χ3v) is 3.96. The normalized spacial score (nSPS) is 12.4. The van der Waals surface area contributed by atoms with Crippen molar-refractivity contribution in [3.63, 3.8) is 0 Å². The van der Waals surface area contributed by atoms with Crippen molar-refractivity contribution in [1.29, 1.82) is 0 Å². The van der Waals surface area contributed by atoms with Crippen LogP contribution in [0.4, 0.5) is 0 Å². The summed E-state index contributed by atoms with van der Waals surface area (Å²) in [6.07, 6.45) is 0. The van der Waals surface area contributed by atoms with Crippen LogP contribution in [0.25, 0.3) is 0 Å². The van der Waals surface area contributed by atoms with Gasteiger partial charge < -0.3 is 4.55 Å². The molecule has 2 aromatic carbocycles. The summed E-state index contributed by atoms with van der Waals surface area (Å²) in [6, 6.07) is 17.0. The maximum atomic E-state index is 12.1. The van der Waals surface area contributed by atoms with Crippen LogP contribution >= 0.6 is 11.6 Å². The highest BCUT2D eigenvalue weighted by Crippen LogP contribution is 2.20. The highest BCUT2D eigenvalue weighted by Gasteiger charge is 2.13. The highest BCUT2D eigenvalue weighted by atomic mass is 35.5. The number of benzene rings is 2. The molecule has 0 saturated heterocycles. The maximum absolute atomic E-state index is 12.1. The van der Waals surface area contributed by atoms with Crippen LogP contribution in [0.5, 0.6) is 0 Å². The van der Waals surface area contributed by atoms with Crippen LogP contribution in [0.2, 0.25) is 0 Å². The highest BCUT2D eigenvalue weighted by molar-refractivity contribution is 7.91. The molecule has 0 spiro atoms. The van der Waals surface area contributed by atoms with Gasteiger partial charge >= 0.3 is 0 Å². The van der Waals surface area contributed by atoms with Gasteiger partial charge in [0, 0.05) is 17.1 Å². The Morgan fingerprint density at radius 3 is 2.00 bits per heavy atom. The second-order valence-electron chi connectivity index (χ2n) is 3.36. The van der Waals surface area contributed by atoms with Gasteiger partial charge in [0.2, 0.25) is 0 Å². The number of halogens is 1. The quantitative estimate of drug-likeness (QED) is 0.603. The molecule has 16 heavy (non-hydrogen) atoms. The smallest absolute Gasteiger partial charge is 0.158 e. The molecular formula is C13H11ClOS. The first kappa shape index (κ1) is 11.5. The van der Waals surface area contributed by atoms with Gasteiger partial charge in [-0.05, 0) is 29.8 Å². The van der Waals surface area contributed by atoms with Crippen LogP contribution in [0.3, 0.4) is 0 Å². The molecule has 0 N–H and O–H groups in total. The fourth-order valence-corrected chi connectivity index (χ4v) is 2.62. The zero-order chi connectivity index (χ0) is 11.4. The van der Waals surface area contributed by atoms with E-state index in [1.807, 2.05) is 54.6 Å². The monoisotopic (exact) mass is 250 g/mol. The van der Waals surface area contributed by atoms with E-state index in [4.69, 9.17) is 11.6 Å². The van der Waals surface area contributed by atoms with E-state index in [1.54, 1.807) is 0 Å². The summed E-state index contributed by atoms with van der Waals surface area (Å²) in [7, 11) is 0. The van der Waals surface area contributed by atoms with Crippen molar-refractivity contribution in [2.75, 3.05) is 0 Å². The van der Waals surface area contributed by atoms with E-state index in [-0.39, 0.29) is 0 Å². The Labute approximate surface area is 103 Å². The molecule has 0 aliphatic rings. The van der Waals surface area contributed by atoms with Crippen LogP contribution in [0, 0.1) is 0 Å². The van der Waals surface area contributed by atoms with Crippen molar-refractivity contribution in [2.24, 2.45) is 0 Å². The van der Waals surface area contributed by atoms with Gasteiger partial charge in [-0.25, -0.2) is 0 Å². The van der Waals surface area contributed by atoms with Crippen molar-refractivity contribution in [3.8, 4) is 0 Å². The summed E-state index contributed by atoms with van der Waals surface area (Å²) in [5, 5.41) is 0. The second-order valence-corrected chi connectivity index (χ2v) is 5.11. The third-order valence-electron chi connectivity index (χ3n) is 2.25. The lowest BCUT2D eigenvalue weighted by Gasteiger charge is -2.09. The minimum absolute atomic E-state index is 0.484. The van der Waals surface area contributed by atoms with E-state index in [0.29, 0.717) is 5.88 Å². The molecule has 0 saturated carbocycles. The lowest BCUT2D eigenvalue weighted by Crippen LogP contribution is -2.01. The molecule has 1 nitrogen and oxygen atoms in total. The molecule has 0 aromatic heterocycles. The van der Waals surface area contributed by atoms with Gasteiger partial charge in [0.15, 0.2) is 9.79 Å². The molecule has 82 valence electrons. The van der Waals surface area contributed by atoms with Crippen molar-refractivity contribution in [3.05, 3.63) is 60.2 Å². The first-order valence-corrected chi connectivity index (χ1v) is 6.61. The second kappa shape index (κ2) is 5.39. The number of rotatable bonds is 3. The average Bonchev–Trinajstić information content (AvgIpc) is 2.39. The summed E-state index contributed by atoms with van der Waals surface area (Å²) >= 11 is 4.60. The zero-order valence-corrected chi connectivity index (χ0v) is 10.2.